The van der Waals surface area contributed by atoms with Gasteiger partial charge in [-0.15, -0.1) is 0 Å². The smallest absolute Gasteiger partial charge is 0.408 e. The number of carbonyl (C=O) groups is 6. The summed E-state index contributed by atoms with van der Waals surface area (Å²) in [6.45, 7) is 14.2. The van der Waals surface area contributed by atoms with Crippen molar-refractivity contribution >= 4 is 35.8 Å². The number of alkyl carbamates (subject to hydrolysis) is 1. The molecule has 1 saturated heterocycles. The summed E-state index contributed by atoms with van der Waals surface area (Å²) < 4.78 is 48.7. The molecule has 0 radical (unpaired) electrons. The van der Waals surface area contributed by atoms with Gasteiger partial charge in [0.2, 0.25) is 6.10 Å². The quantitative estimate of drug-likeness (QED) is 0.113. The van der Waals surface area contributed by atoms with Crippen molar-refractivity contribution in [3.63, 3.8) is 0 Å². The summed E-state index contributed by atoms with van der Waals surface area (Å²) in [7, 11) is 2.77. The van der Waals surface area contributed by atoms with Crippen molar-refractivity contribution in [1.82, 2.24) is 5.32 Å². The Hall–Kier alpha value is -5.42. The second kappa shape index (κ2) is 18.5. The van der Waals surface area contributed by atoms with Gasteiger partial charge in [0.1, 0.15) is 41.7 Å². The lowest BCUT2D eigenvalue weighted by molar-refractivity contribution is -0.347. The summed E-state index contributed by atoms with van der Waals surface area (Å²) in [5.74, 6) is -5.50. The Labute approximate surface area is 379 Å². The molecule has 11 atom stereocenters. The Morgan fingerprint density at radius 1 is 0.938 bits per heavy atom. The van der Waals surface area contributed by atoms with Crippen molar-refractivity contribution < 1.29 is 71.8 Å². The number of hydrogen-bond acceptors (Lipinski definition) is 15. The van der Waals surface area contributed by atoms with E-state index in [4.69, 9.17) is 37.9 Å². The number of aliphatic hydroxyl groups is 1. The Bertz CT molecular complexity index is 2220. The van der Waals surface area contributed by atoms with Gasteiger partial charge in [-0.3, -0.25) is 9.59 Å². The van der Waals surface area contributed by atoms with E-state index in [-0.39, 0.29) is 24.2 Å². The number of Topliss-reactive ketones (excluding diaryl/α,β-unsaturated/α-hetero) is 1. The van der Waals surface area contributed by atoms with Crippen LogP contribution in [0.25, 0.3) is 0 Å². The molecule has 2 aromatic rings. The predicted molar refractivity (Wildman–Crippen MR) is 232 cm³/mol. The maximum absolute atomic E-state index is 15.7. The molecule has 3 fully saturated rings. The summed E-state index contributed by atoms with van der Waals surface area (Å²) in [6.07, 6.45) is -6.92. The van der Waals surface area contributed by atoms with Crippen LogP contribution in [0.2, 0.25) is 0 Å². The van der Waals surface area contributed by atoms with Crippen LogP contribution in [0.1, 0.15) is 97.1 Å². The van der Waals surface area contributed by atoms with Crippen molar-refractivity contribution in [3.8, 4) is 0 Å². The SMILES string of the molecule is C/C=C/C(=O)O[C@@H](C(=O)O[C@H]1C[C@@]2(O)[C@@H](OC(=O)c3ccccc3)[C@@H]3[C@]4(OC(C)=O)CO[C@@H]4C[C@H](OC)[C@@]3(C)C(=O)[C@H](OC)C(=C1C)C2(C)C)[C@@H](NC(=O)OC(C)(C)C)c1ccccc1. The molecule has 16 nitrogen and oxygen atoms in total. The molecule has 2 N–H and O–H groups in total. The molecule has 2 saturated carbocycles. The molecule has 65 heavy (non-hydrogen) atoms. The van der Waals surface area contributed by atoms with Gasteiger partial charge in [0, 0.05) is 45.5 Å². The van der Waals surface area contributed by atoms with Crippen LogP contribution in [-0.2, 0) is 57.1 Å². The molecule has 0 unspecified atom stereocenters. The molecule has 1 aliphatic heterocycles. The van der Waals surface area contributed by atoms with Gasteiger partial charge >= 0.3 is 30.0 Å². The third kappa shape index (κ3) is 8.85. The van der Waals surface area contributed by atoms with Crippen LogP contribution in [0.3, 0.4) is 0 Å². The third-order valence-corrected chi connectivity index (χ3v) is 13.6. The molecule has 0 aromatic heterocycles. The fourth-order valence-corrected chi connectivity index (χ4v) is 10.5. The van der Waals surface area contributed by atoms with Crippen LogP contribution in [-0.4, -0.2) is 115 Å². The number of nitrogens with one attached hydrogen (secondary N) is 1. The highest BCUT2D eigenvalue weighted by molar-refractivity contribution is 5.94. The minimum absolute atomic E-state index is 0.103. The lowest BCUT2D eigenvalue weighted by atomic mass is 9.44. The molecule has 2 bridgehead atoms. The number of hydrogen-bond donors (Lipinski definition) is 2. The highest BCUT2D eigenvalue weighted by Gasteiger charge is 2.78. The van der Waals surface area contributed by atoms with Crippen molar-refractivity contribution in [2.45, 2.75) is 135 Å². The van der Waals surface area contributed by atoms with Gasteiger partial charge in [-0.25, -0.2) is 19.2 Å². The van der Waals surface area contributed by atoms with E-state index in [1.807, 2.05) is 0 Å². The number of carbonyl (C=O) groups excluding carboxylic acids is 6. The Morgan fingerprint density at radius 3 is 2.11 bits per heavy atom. The molecule has 4 aliphatic rings. The predicted octanol–water partition coefficient (Wildman–Crippen LogP) is 5.69. The molecule has 2 aromatic carbocycles. The van der Waals surface area contributed by atoms with Gasteiger partial charge < -0.3 is 48.3 Å². The number of ketones is 1. The molecule has 6 rings (SSSR count). The topological polar surface area (TPSA) is 209 Å². The van der Waals surface area contributed by atoms with Crippen LogP contribution in [0.4, 0.5) is 4.79 Å². The van der Waals surface area contributed by atoms with Crippen LogP contribution >= 0.6 is 0 Å². The average molecular weight is 904 g/mol. The van der Waals surface area contributed by atoms with E-state index in [2.05, 4.69) is 5.32 Å². The van der Waals surface area contributed by atoms with Crippen LogP contribution in [0.5, 0.6) is 0 Å². The number of ether oxygens (including phenoxy) is 8. The van der Waals surface area contributed by atoms with E-state index in [1.54, 1.807) is 104 Å². The van der Waals surface area contributed by atoms with E-state index >= 15 is 4.79 Å². The van der Waals surface area contributed by atoms with Gasteiger partial charge in [-0.1, -0.05) is 68.5 Å². The summed E-state index contributed by atoms with van der Waals surface area (Å²) in [6, 6.07) is 15.0. The number of allylic oxidation sites excluding steroid dienone is 1. The van der Waals surface area contributed by atoms with Crippen molar-refractivity contribution in [3.05, 3.63) is 95.1 Å². The maximum Gasteiger partial charge on any atom is 0.408 e. The summed E-state index contributed by atoms with van der Waals surface area (Å²) in [5, 5.41) is 16.6. The standard InChI is InChI=1S/C49H61NO15/c1-12-19-34(52)62-38(36(29-20-15-13-16-21-29)50-44(56)65-45(4,5)6)43(55)61-31-25-49(57)41(63-42(54)30-22-17-14-18-23-30)39-47(9,40(53)37(59-11)35(27(31)2)46(49,7)8)32(58-10)24-33-48(39,26-60-33)64-28(3)51/h12-23,31-33,36-39,41,57H,24-26H2,1-11H3,(H,50,56)/b19-12+/t31-,32-,33+,36-,37+,38+,39-,41-,47+,48-,49+/m0/s1. The number of amides is 1. The Kier molecular flexibility index (Phi) is 13.9. The average Bonchev–Trinajstić information content (AvgIpc) is 3.23. The van der Waals surface area contributed by atoms with E-state index < -0.39 is 118 Å². The number of benzene rings is 2. The maximum atomic E-state index is 15.7. The van der Waals surface area contributed by atoms with Gasteiger partial charge in [0.25, 0.3) is 0 Å². The lowest BCUT2D eigenvalue weighted by Crippen LogP contribution is -2.82. The first-order chi connectivity index (χ1) is 30.5. The summed E-state index contributed by atoms with van der Waals surface area (Å²) >= 11 is 0. The fraction of sp³-hybridized carbons (Fsp3) is 0.551. The number of methoxy groups -OCH3 is 2. The van der Waals surface area contributed by atoms with Crippen LogP contribution < -0.4 is 5.32 Å². The number of esters is 4. The number of rotatable bonds is 12. The molecular formula is C49H61NO15. The van der Waals surface area contributed by atoms with Gasteiger partial charge in [0.05, 0.1) is 29.6 Å². The van der Waals surface area contributed by atoms with Crippen LogP contribution in [0, 0.1) is 16.7 Å². The Morgan fingerprint density at radius 2 is 1.57 bits per heavy atom. The molecule has 0 spiro atoms. The van der Waals surface area contributed by atoms with Gasteiger partial charge in [-0.2, -0.15) is 0 Å². The first kappa shape index (κ1) is 49.0. The minimum atomic E-state index is -2.27. The first-order valence-electron chi connectivity index (χ1n) is 21.7. The largest absolute Gasteiger partial charge is 0.455 e. The second-order valence-corrected chi connectivity index (χ2v) is 18.9. The Balaban J connectivity index is 1.56. The highest BCUT2D eigenvalue weighted by Crippen LogP contribution is 2.64. The molecule has 1 heterocycles. The van der Waals surface area contributed by atoms with Crippen LogP contribution in [0.15, 0.2) is 84.0 Å². The van der Waals surface area contributed by atoms with Gasteiger partial charge in [0.15, 0.2) is 11.4 Å². The summed E-state index contributed by atoms with van der Waals surface area (Å²) in [5.41, 5.74) is -7.01. The monoisotopic (exact) mass is 903 g/mol. The first-order valence-corrected chi connectivity index (χ1v) is 21.7. The normalized spacial score (nSPS) is 31.4. The molecular weight excluding hydrogens is 843 g/mol. The van der Waals surface area contributed by atoms with Crippen molar-refractivity contribution in [2.24, 2.45) is 16.7 Å². The minimum Gasteiger partial charge on any atom is -0.455 e. The van der Waals surface area contributed by atoms with E-state index in [9.17, 15) is 29.1 Å². The lowest BCUT2D eigenvalue weighted by Gasteiger charge is -2.67. The zero-order valence-corrected chi connectivity index (χ0v) is 38.8. The number of fused-ring (bicyclic) bond motifs is 5. The van der Waals surface area contributed by atoms with E-state index in [0.29, 0.717) is 11.1 Å². The second-order valence-electron chi connectivity index (χ2n) is 18.9. The van der Waals surface area contributed by atoms with E-state index in [0.717, 1.165) is 6.08 Å². The molecule has 352 valence electrons. The van der Waals surface area contributed by atoms with Crippen molar-refractivity contribution in [1.29, 1.82) is 0 Å². The van der Waals surface area contributed by atoms with Gasteiger partial charge in [-0.05, 0) is 70.4 Å². The zero-order valence-electron chi connectivity index (χ0n) is 38.8. The fourth-order valence-electron chi connectivity index (χ4n) is 10.5. The molecule has 3 aliphatic carbocycles. The highest BCUT2D eigenvalue weighted by atomic mass is 16.6. The van der Waals surface area contributed by atoms with Crippen molar-refractivity contribution in [2.75, 3.05) is 20.8 Å². The zero-order chi connectivity index (χ0) is 47.9. The molecule has 1 amide bonds. The third-order valence-electron chi connectivity index (χ3n) is 13.6. The molecule has 16 heteroatoms. The van der Waals surface area contributed by atoms with E-state index in [1.165, 1.54) is 39.4 Å². The summed E-state index contributed by atoms with van der Waals surface area (Å²) in [4.78, 5) is 84.8.